The molecule has 1 N–H and O–H groups in total. The number of alkyl halides is 3. The van der Waals surface area contributed by atoms with E-state index in [4.69, 9.17) is 9.47 Å². The number of methoxy groups -OCH3 is 2. The maximum atomic E-state index is 13.4. The largest absolute Gasteiger partial charge is 0.494 e. The second-order valence-corrected chi connectivity index (χ2v) is 7.30. The standard InChI is InChI=1S/C20H22F3N5O3/c1-10-15(11(2)25-18(24-10)31-4)27-8-5-9-28-16-12(17(29)20(21,22)23)6-7-13(30-3)14(16)26-19(27)28/h6-7,17,29H,5,8-9H2,1-4H3. The third kappa shape index (κ3) is 3.42. The predicted octanol–water partition coefficient (Wildman–Crippen LogP) is 3.60. The monoisotopic (exact) mass is 437 g/mol. The molecule has 1 aromatic carbocycles. The van der Waals surface area contributed by atoms with Gasteiger partial charge in [0.05, 0.1) is 36.8 Å². The highest BCUT2D eigenvalue weighted by molar-refractivity contribution is 5.89. The highest BCUT2D eigenvalue weighted by Crippen LogP contribution is 2.43. The lowest BCUT2D eigenvalue weighted by atomic mass is 10.1. The molecule has 31 heavy (non-hydrogen) atoms. The van der Waals surface area contributed by atoms with Crippen LogP contribution in [0.15, 0.2) is 12.1 Å². The molecule has 3 aromatic rings. The van der Waals surface area contributed by atoms with E-state index in [1.807, 2.05) is 18.7 Å². The van der Waals surface area contributed by atoms with E-state index in [-0.39, 0.29) is 22.6 Å². The minimum absolute atomic E-state index is 0.202. The van der Waals surface area contributed by atoms with Gasteiger partial charge < -0.3 is 24.0 Å². The summed E-state index contributed by atoms with van der Waals surface area (Å²) >= 11 is 0. The highest BCUT2D eigenvalue weighted by atomic mass is 19.4. The summed E-state index contributed by atoms with van der Waals surface area (Å²) in [6.07, 6.45) is -6.79. The molecule has 3 heterocycles. The third-order valence-corrected chi connectivity index (χ3v) is 5.36. The molecule has 166 valence electrons. The topological polar surface area (TPSA) is 85.5 Å². The molecule has 1 aliphatic rings. The van der Waals surface area contributed by atoms with Crippen molar-refractivity contribution in [2.75, 3.05) is 25.7 Å². The number of ether oxygens (including phenoxy) is 2. The molecule has 0 radical (unpaired) electrons. The lowest BCUT2D eigenvalue weighted by Gasteiger charge is -2.31. The number of aromatic nitrogens is 4. The number of imidazole rings is 1. The smallest absolute Gasteiger partial charge is 0.418 e. The molecule has 0 aliphatic carbocycles. The molecule has 2 aromatic heterocycles. The second kappa shape index (κ2) is 7.56. The first-order chi connectivity index (χ1) is 14.7. The van der Waals surface area contributed by atoms with Gasteiger partial charge in [0, 0.05) is 18.7 Å². The van der Waals surface area contributed by atoms with E-state index in [2.05, 4.69) is 15.0 Å². The zero-order valence-corrected chi connectivity index (χ0v) is 17.5. The van der Waals surface area contributed by atoms with Crippen LogP contribution in [0.25, 0.3) is 11.0 Å². The first-order valence-corrected chi connectivity index (χ1v) is 9.66. The Morgan fingerprint density at radius 1 is 1.03 bits per heavy atom. The molecule has 0 saturated heterocycles. The van der Waals surface area contributed by atoms with E-state index in [0.717, 1.165) is 0 Å². The number of halogens is 3. The van der Waals surface area contributed by atoms with Crippen molar-refractivity contribution in [3.8, 4) is 11.8 Å². The molecule has 4 rings (SSSR count). The van der Waals surface area contributed by atoms with Crippen LogP contribution in [0.3, 0.4) is 0 Å². The maximum absolute atomic E-state index is 13.4. The van der Waals surface area contributed by atoms with Gasteiger partial charge in [-0.3, -0.25) is 0 Å². The minimum Gasteiger partial charge on any atom is -0.494 e. The van der Waals surface area contributed by atoms with Gasteiger partial charge >= 0.3 is 12.2 Å². The van der Waals surface area contributed by atoms with Crippen LogP contribution in [0, 0.1) is 13.8 Å². The Bertz CT molecular complexity index is 1120. The van der Waals surface area contributed by atoms with Crippen LogP contribution in [-0.4, -0.2) is 51.6 Å². The average molecular weight is 437 g/mol. The van der Waals surface area contributed by atoms with Crippen molar-refractivity contribution in [1.29, 1.82) is 0 Å². The van der Waals surface area contributed by atoms with Crippen molar-refractivity contribution in [1.82, 2.24) is 19.5 Å². The second-order valence-electron chi connectivity index (χ2n) is 7.30. The third-order valence-electron chi connectivity index (χ3n) is 5.36. The Labute approximate surface area is 176 Å². The molecule has 0 spiro atoms. The molecule has 0 bridgehead atoms. The molecule has 0 fully saturated rings. The van der Waals surface area contributed by atoms with Crippen molar-refractivity contribution in [2.24, 2.45) is 0 Å². The van der Waals surface area contributed by atoms with E-state index >= 15 is 0 Å². The van der Waals surface area contributed by atoms with E-state index in [1.165, 1.54) is 26.4 Å². The Kier molecular flexibility index (Phi) is 5.16. The van der Waals surface area contributed by atoms with Crippen LogP contribution < -0.4 is 14.4 Å². The van der Waals surface area contributed by atoms with Gasteiger partial charge in [0.1, 0.15) is 11.3 Å². The summed E-state index contributed by atoms with van der Waals surface area (Å²) in [5.41, 5.74) is 2.24. The lowest BCUT2D eigenvalue weighted by molar-refractivity contribution is -0.206. The first kappa shape index (κ1) is 21.2. The summed E-state index contributed by atoms with van der Waals surface area (Å²) < 4.78 is 52.2. The van der Waals surface area contributed by atoms with Gasteiger partial charge in [-0.2, -0.15) is 23.1 Å². The zero-order valence-electron chi connectivity index (χ0n) is 17.5. The van der Waals surface area contributed by atoms with Crippen molar-refractivity contribution in [2.45, 2.75) is 39.1 Å². The quantitative estimate of drug-likeness (QED) is 0.668. The molecular formula is C20H22F3N5O3. The van der Waals surface area contributed by atoms with E-state index in [9.17, 15) is 18.3 Å². The van der Waals surface area contributed by atoms with Crippen LogP contribution >= 0.6 is 0 Å². The molecule has 1 unspecified atom stereocenters. The van der Waals surface area contributed by atoms with E-state index in [0.29, 0.717) is 48.3 Å². The average Bonchev–Trinajstić information content (AvgIpc) is 3.12. The number of hydrogen-bond acceptors (Lipinski definition) is 7. The number of aliphatic hydroxyl groups is 1. The summed E-state index contributed by atoms with van der Waals surface area (Å²) in [4.78, 5) is 15.2. The number of benzene rings is 1. The maximum Gasteiger partial charge on any atom is 0.418 e. The summed E-state index contributed by atoms with van der Waals surface area (Å²) in [5.74, 6) is 0.774. The van der Waals surface area contributed by atoms with Gasteiger partial charge in [0.15, 0.2) is 6.10 Å². The fraction of sp³-hybridized carbons (Fsp3) is 0.450. The number of aliphatic hydroxyl groups excluding tert-OH is 1. The highest BCUT2D eigenvalue weighted by Gasteiger charge is 2.42. The SMILES string of the molecule is COc1nc(C)c(N2CCCn3c2nc2c(OC)ccc(C(O)C(F)(F)F)c23)c(C)n1. The lowest BCUT2D eigenvalue weighted by Crippen LogP contribution is -2.30. The van der Waals surface area contributed by atoms with Gasteiger partial charge in [-0.05, 0) is 26.3 Å². The van der Waals surface area contributed by atoms with Crippen molar-refractivity contribution < 1.29 is 27.8 Å². The predicted molar refractivity (Wildman–Crippen MR) is 107 cm³/mol. The van der Waals surface area contributed by atoms with Crippen LogP contribution in [0.5, 0.6) is 11.8 Å². The summed E-state index contributed by atoms with van der Waals surface area (Å²) in [6.45, 7) is 4.66. The Morgan fingerprint density at radius 2 is 1.71 bits per heavy atom. The molecule has 1 atom stereocenters. The molecule has 11 heteroatoms. The van der Waals surface area contributed by atoms with E-state index in [1.54, 1.807) is 4.57 Å². The van der Waals surface area contributed by atoms with Crippen LogP contribution in [0.2, 0.25) is 0 Å². The van der Waals surface area contributed by atoms with Gasteiger partial charge in [0.25, 0.3) is 0 Å². The Balaban J connectivity index is 1.96. The number of anilines is 2. The summed E-state index contributed by atoms with van der Waals surface area (Å²) in [7, 11) is 2.91. The van der Waals surface area contributed by atoms with Gasteiger partial charge in [-0.1, -0.05) is 6.07 Å². The van der Waals surface area contributed by atoms with Crippen LogP contribution in [0.1, 0.15) is 29.5 Å². The fourth-order valence-corrected chi connectivity index (χ4v) is 4.07. The Hall–Kier alpha value is -3.08. The molecular weight excluding hydrogens is 415 g/mol. The van der Waals surface area contributed by atoms with Gasteiger partial charge in [-0.15, -0.1) is 0 Å². The van der Waals surface area contributed by atoms with Crippen LogP contribution in [-0.2, 0) is 6.54 Å². The first-order valence-electron chi connectivity index (χ1n) is 9.66. The molecule has 0 saturated carbocycles. The number of aryl methyl sites for hydroxylation is 3. The summed E-state index contributed by atoms with van der Waals surface area (Å²) in [6, 6.07) is 2.87. The van der Waals surface area contributed by atoms with Crippen molar-refractivity contribution in [3.63, 3.8) is 0 Å². The van der Waals surface area contributed by atoms with E-state index < -0.39 is 12.3 Å². The fourth-order valence-electron chi connectivity index (χ4n) is 4.07. The Morgan fingerprint density at radius 3 is 2.29 bits per heavy atom. The van der Waals surface area contributed by atoms with Crippen molar-refractivity contribution >= 4 is 22.7 Å². The summed E-state index contributed by atoms with van der Waals surface area (Å²) in [5, 5.41) is 10.0. The number of hydrogen-bond donors (Lipinski definition) is 1. The van der Waals surface area contributed by atoms with Gasteiger partial charge in [0.2, 0.25) is 5.95 Å². The number of rotatable bonds is 4. The van der Waals surface area contributed by atoms with Crippen LogP contribution in [0.4, 0.5) is 24.8 Å². The van der Waals surface area contributed by atoms with Gasteiger partial charge in [-0.25, -0.2) is 4.98 Å². The van der Waals surface area contributed by atoms with Crippen molar-refractivity contribution in [3.05, 3.63) is 29.1 Å². The molecule has 8 nitrogen and oxygen atoms in total. The number of fused-ring (bicyclic) bond motifs is 3. The number of nitrogens with zero attached hydrogens (tertiary/aromatic N) is 5. The molecule has 0 amide bonds. The minimum atomic E-state index is -4.81. The molecule has 1 aliphatic heterocycles. The zero-order chi connectivity index (χ0) is 22.5. The normalized spacial score (nSPS) is 15.2.